The molecule has 2 heterocycles. The number of aromatic nitrogens is 2. The van der Waals surface area contributed by atoms with Crippen molar-refractivity contribution in [2.45, 2.75) is 25.9 Å². The quantitative estimate of drug-likeness (QED) is 0.915. The fraction of sp³-hybridized carbons (Fsp3) is 0.364. The lowest BCUT2D eigenvalue weighted by Gasteiger charge is -2.16. The minimum absolute atomic E-state index is 0.197. The predicted octanol–water partition coefficient (Wildman–Crippen LogP) is 3.23. The maximum atomic E-state index is 6.21. The normalized spacial score (nSPS) is 13.3. The first-order valence-corrected chi connectivity index (χ1v) is 6.39. The van der Waals surface area contributed by atoms with Gasteiger partial charge in [0.2, 0.25) is 0 Å². The van der Waals surface area contributed by atoms with Crippen LogP contribution in [0.2, 0.25) is 5.02 Å². The molecule has 0 aliphatic heterocycles. The van der Waals surface area contributed by atoms with Crippen LogP contribution in [0.1, 0.15) is 36.5 Å². The molecule has 1 unspecified atom stereocenters. The zero-order valence-corrected chi connectivity index (χ0v) is 10.8. The van der Waals surface area contributed by atoms with Crippen molar-refractivity contribution in [1.29, 1.82) is 0 Å². The molecule has 3 nitrogen and oxygen atoms in total. The van der Waals surface area contributed by atoms with E-state index in [1.807, 2.05) is 22.2 Å². The number of nitrogens with two attached hydrogens (primary N) is 1. The molecule has 0 aliphatic rings. The first-order chi connectivity index (χ1) is 7.61. The Labute approximate surface area is 104 Å². The van der Waals surface area contributed by atoms with Crippen LogP contribution in [0, 0.1) is 0 Å². The molecule has 2 aromatic heterocycles. The highest BCUT2D eigenvalue weighted by Crippen LogP contribution is 2.30. The van der Waals surface area contributed by atoms with Crippen LogP contribution in [-0.4, -0.2) is 9.78 Å². The monoisotopic (exact) mass is 255 g/mol. The first-order valence-electron chi connectivity index (χ1n) is 5.13. The Morgan fingerprint density at radius 3 is 2.81 bits per heavy atom. The van der Waals surface area contributed by atoms with Gasteiger partial charge in [0.1, 0.15) is 0 Å². The number of rotatable bonds is 3. The maximum Gasteiger partial charge on any atom is 0.0838 e. The molecule has 0 amide bonds. The molecule has 0 aliphatic carbocycles. The third-order valence-corrected chi connectivity index (χ3v) is 3.67. The molecule has 0 spiro atoms. The summed E-state index contributed by atoms with van der Waals surface area (Å²) in [7, 11) is 0. The van der Waals surface area contributed by atoms with E-state index in [-0.39, 0.29) is 12.1 Å². The van der Waals surface area contributed by atoms with E-state index in [2.05, 4.69) is 18.9 Å². The third-order valence-electron chi connectivity index (χ3n) is 2.42. The summed E-state index contributed by atoms with van der Waals surface area (Å²) in [6.45, 7) is 4.13. The van der Waals surface area contributed by atoms with E-state index >= 15 is 0 Å². The van der Waals surface area contributed by atoms with Crippen molar-refractivity contribution in [3.8, 4) is 0 Å². The smallest absolute Gasteiger partial charge is 0.0838 e. The van der Waals surface area contributed by atoms with Crippen molar-refractivity contribution in [3.63, 3.8) is 0 Å². The van der Waals surface area contributed by atoms with Gasteiger partial charge in [-0.1, -0.05) is 17.7 Å². The average Bonchev–Trinajstić information content (AvgIpc) is 2.84. The Morgan fingerprint density at radius 1 is 1.50 bits per heavy atom. The van der Waals surface area contributed by atoms with E-state index < -0.39 is 0 Å². The summed E-state index contributed by atoms with van der Waals surface area (Å²) in [6, 6.07) is 4.07. The molecule has 2 aromatic rings. The molecule has 0 fully saturated rings. The van der Waals surface area contributed by atoms with Crippen LogP contribution in [0.25, 0.3) is 0 Å². The Morgan fingerprint density at radius 2 is 2.25 bits per heavy atom. The number of thiophene rings is 1. The summed E-state index contributed by atoms with van der Waals surface area (Å²) in [4.78, 5) is 1.10. The van der Waals surface area contributed by atoms with Gasteiger partial charge >= 0.3 is 0 Å². The highest BCUT2D eigenvalue weighted by molar-refractivity contribution is 7.10. The van der Waals surface area contributed by atoms with Crippen molar-refractivity contribution >= 4 is 22.9 Å². The fourth-order valence-corrected chi connectivity index (χ4v) is 2.63. The second-order valence-corrected chi connectivity index (χ2v) is 5.30. The van der Waals surface area contributed by atoms with E-state index in [0.29, 0.717) is 5.02 Å². The van der Waals surface area contributed by atoms with Crippen molar-refractivity contribution in [3.05, 3.63) is 39.3 Å². The van der Waals surface area contributed by atoms with Gasteiger partial charge in [0.05, 0.1) is 23.0 Å². The van der Waals surface area contributed by atoms with E-state index in [1.165, 1.54) is 0 Å². The Hall–Kier alpha value is -0.840. The molecule has 0 radical (unpaired) electrons. The molecule has 0 saturated heterocycles. The fourth-order valence-electron chi connectivity index (χ4n) is 1.66. The van der Waals surface area contributed by atoms with Gasteiger partial charge in [-0.25, -0.2) is 0 Å². The molecular formula is C11H14ClN3S. The summed E-state index contributed by atoms with van der Waals surface area (Å²) in [6.07, 6.45) is 1.66. The third kappa shape index (κ3) is 2.00. The van der Waals surface area contributed by atoms with E-state index in [9.17, 15) is 0 Å². The largest absolute Gasteiger partial charge is 0.318 e. The molecule has 16 heavy (non-hydrogen) atoms. The van der Waals surface area contributed by atoms with E-state index in [0.717, 1.165) is 10.6 Å². The van der Waals surface area contributed by atoms with Crippen molar-refractivity contribution in [2.24, 2.45) is 5.73 Å². The van der Waals surface area contributed by atoms with Gasteiger partial charge in [-0.05, 0) is 25.3 Å². The molecule has 5 heteroatoms. The zero-order chi connectivity index (χ0) is 11.7. The summed E-state index contributed by atoms with van der Waals surface area (Å²) in [5.41, 5.74) is 7.10. The highest BCUT2D eigenvalue weighted by atomic mass is 35.5. The topological polar surface area (TPSA) is 43.8 Å². The lowest BCUT2D eigenvalue weighted by Crippen LogP contribution is -2.18. The van der Waals surface area contributed by atoms with Gasteiger partial charge < -0.3 is 5.73 Å². The predicted molar refractivity (Wildman–Crippen MR) is 68.0 cm³/mol. The van der Waals surface area contributed by atoms with Crippen LogP contribution in [-0.2, 0) is 0 Å². The maximum absolute atomic E-state index is 6.21. The lowest BCUT2D eigenvalue weighted by molar-refractivity contribution is 0.500. The lowest BCUT2D eigenvalue weighted by atomic mass is 10.2. The van der Waals surface area contributed by atoms with Gasteiger partial charge in [-0.15, -0.1) is 11.3 Å². The minimum atomic E-state index is -0.197. The highest BCUT2D eigenvalue weighted by Gasteiger charge is 2.20. The Kier molecular flexibility index (Phi) is 3.33. The van der Waals surface area contributed by atoms with Crippen molar-refractivity contribution < 1.29 is 0 Å². The second-order valence-electron chi connectivity index (χ2n) is 3.91. The van der Waals surface area contributed by atoms with Crippen LogP contribution in [0.15, 0.2) is 23.7 Å². The molecule has 86 valence electrons. The van der Waals surface area contributed by atoms with Crippen LogP contribution >= 0.6 is 22.9 Å². The molecule has 1 atom stereocenters. The van der Waals surface area contributed by atoms with Gasteiger partial charge in [0, 0.05) is 10.9 Å². The van der Waals surface area contributed by atoms with E-state index in [4.69, 9.17) is 17.3 Å². The summed E-state index contributed by atoms with van der Waals surface area (Å²) < 4.78 is 1.88. The molecule has 2 rings (SSSR count). The van der Waals surface area contributed by atoms with Gasteiger partial charge in [0.25, 0.3) is 0 Å². The van der Waals surface area contributed by atoms with Crippen molar-refractivity contribution in [2.75, 3.05) is 0 Å². The summed E-state index contributed by atoms with van der Waals surface area (Å²) in [5, 5.41) is 6.90. The van der Waals surface area contributed by atoms with Gasteiger partial charge in [-0.3, -0.25) is 4.68 Å². The van der Waals surface area contributed by atoms with Crippen LogP contribution in [0.3, 0.4) is 0 Å². The van der Waals surface area contributed by atoms with Crippen LogP contribution in [0.4, 0.5) is 0 Å². The average molecular weight is 256 g/mol. The molecule has 0 aromatic carbocycles. The minimum Gasteiger partial charge on any atom is -0.318 e. The Balaban J connectivity index is 2.43. The summed E-state index contributed by atoms with van der Waals surface area (Å²) in [5.74, 6) is 0. The first kappa shape index (κ1) is 11.6. The van der Waals surface area contributed by atoms with Crippen LogP contribution in [0.5, 0.6) is 0 Å². The Bertz CT molecular complexity index is 462. The van der Waals surface area contributed by atoms with E-state index in [1.54, 1.807) is 17.5 Å². The second kappa shape index (κ2) is 4.57. The van der Waals surface area contributed by atoms with Crippen molar-refractivity contribution in [1.82, 2.24) is 9.78 Å². The van der Waals surface area contributed by atoms with Gasteiger partial charge in [-0.2, -0.15) is 5.10 Å². The zero-order valence-electron chi connectivity index (χ0n) is 9.22. The summed E-state index contributed by atoms with van der Waals surface area (Å²) >= 11 is 7.78. The number of hydrogen-bond acceptors (Lipinski definition) is 3. The SMILES string of the molecule is CC(C)n1ncc(Cl)c1C(N)c1cccs1. The number of nitrogens with zero attached hydrogens (tertiary/aromatic N) is 2. The van der Waals surface area contributed by atoms with Gasteiger partial charge in [0.15, 0.2) is 0 Å². The standard InChI is InChI=1S/C11H14ClN3S/c1-7(2)15-11(8(12)6-14-15)10(13)9-4-3-5-16-9/h3-7,10H,13H2,1-2H3. The molecule has 0 bridgehead atoms. The number of hydrogen-bond donors (Lipinski definition) is 1. The molecular weight excluding hydrogens is 242 g/mol. The number of halogens is 1. The molecule has 2 N–H and O–H groups in total. The van der Waals surface area contributed by atoms with Crippen LogP contribution < -0.4 is 5.73 Å². The molecule has 0 saturated carbocycles.